The van der Waals surface area contributed by atoms with E-state index < -0.39 is 5.91 Å². The van der Waals surface area contributed by atoms with Crippen molar-refractivity contribution >= 4 is 11.6 Å². The highest BCUT2D eigenvalue weighted by molar-refractivity contribution is 6.40. The van der Waals surface area contributed by atoms with Gasteiger partial charge in [0.25, 0.3) is 5.91 Å². The first kappa shape index (κ1) is 9.54. The van der Waals surface area contributed by atoms with E-state index in [2.05, 4.69) is 34.6 Å². The third-order valence-corrected chi connectivity index (χ3v) is 3.45. The van der Waals surface area contributed by atoms with Gasteiger partial charge in [-0.25, -0.2) is 0 Å². The van der Waals surface area contributed by atoms with Crippen molar-refractivity contribution in [3.05, 3.63) is 36.6 Å². The van der Waals surface area contributed by atoms with Crippen molar-refractivity contribution in [2.75, 3.05) is 0 Å². The Morgan fingerprint density at radius 1 is 1.25 bits per heavy atom. The second kappa shape index (κ2) is 3.42. The molecular formula is C12H13N3O. The van der Waals surface area contributed by atoms with Gasteiger partial charge in [0.15, 0.2) is 0 Å². The summed E-state index contributed by atoms with van der Waals surface area (Å²) in [6.07, 6.45) is 12.1. The molecule has 4 heteroatoms. The van der Waals surface area contributed by atoms with Gasteiger partial charge in [-0.2, -0.15) is 0 Å². The fourth-order valence-corrected chi connectivity index (χ4v) is 2.72. The second-order valence-corrected chi connectivity index (χ2v) is 4.31. The predicted octanol–water partition coefficient (Wildman–Crippen LogP) is 0.139. The number of aliphatic imine (C=N–C) groups is 1. The Balaban J connectivity index is 1.96. The number of nitrogens with two attached hydrogens (primary N) is 1. The van der Waals surface area contributed by atoms with Gasteiger partial charge in [0.2, 0.25) is 0 Å². The largest absolute Gasteiger partial charge is 0.364 e. The Kier molecular flexibility index (Phi) is 2.04. The van der Waals surface area contributed by atoms with Crippen LogP contribution in [0.25, 0.3) is 0 Å². The lowest BCUT2D eigenvalue weighted by atomic mass is 9.82. The molecule has 16 heavy (non-hydrogen) atoms. The Labute approximate surface area is 93.6 Å². The SMILES string of the molecule is NC(=O)C1=NC=CC2C1NC1C=CC=CC12. The van der Waals surface area contributed by atoms with Crippen LogP contribution in [0.1, 0.15) is 0 Å². The summed E-state index contributed by atoms with van der Waals surface area (Å²) in [6.45, 7) is 0. The molecule has 0 spiro atoms. The highest BCUT2D eigenvalue weighted by atomic mass is 16.1. The number of amides is 1. The fraction of sp³-hybridized carbons (Fsp3) is 0.333. The van der Waals surface area contributed by atoms with E-state index in [9.17, 15) is 4.79 Å². The van der Waals surface area contributed by atoms with Crippen LogP contribution in [0.3, 0.4) is 0 Å². The molecular weight excluding hydrogens is 202 g/mol. The van der Waals surface area contributed by atoms with Gasteiger partial charge in [0, 0.05) is 24.1 Å². The Bertz CT molecular complexity index is 447. The molecule has 3 rings (SSSR count). The van der Waals surface area contributed by atoms with Crippen molar-refractivity contribution in [1.82, 2.24) is 5.32 Å². The van der Waals surface area contributed by atoms with Gasteiger partial charge in [-0.05, 0) is 0 Å². The molecule has 0 bridgehead atoms. The first-order chi connectivity index (χ1) is 7.77. The smallest absolute Gasteiger partial charge is 0.264 e. The van der Waals surface area contributed by atoms with Gasteiger partial charge in [0.05, 0.1) is 6.04 Å². The van der Waals surface area contributed by atoms with Crippen LogP contribution in [-0.4, -0.2) is 23.7 Å². The molecule has 0 aromatic rings. The van der Waals surface area contributed by atoms with Gasteiger partial charge in [-0.3, -0.25) is 9.79 Å². The first-order valence-electron chi connectivity index (χ1n) is 5.42. The zero-order valence-electron chi connectivity index (χ0n) is 8.71. The maximum atomic E-state index is 11.3. The number of nitrogens with zero attached hydrogens (tertiary/aromatic N) is 1. The molecule has 4 unspecified atom stereocenters. The highest BCUT2D eigenvalue weighted by Crippen LogP contribution is 2.34. The minimum Gasteiger partial charge on any atom is -0.364 e. The minimum atomic E-state index is -0.432. The zero-order valence-corrected chi connectivity index (χ0v) is 8.71. The molecule has 0 radical (unpaired) electrons. The van der Waals surface area contributed by atoms with Gasteiger partial charge in [-0.1, -0.05) is 30.4 Å². The molecule has 1 amide bonds. The molecule has 3 N–H and O–H groups in total. The number of allylic oxidation sites excluding steroid dienone is 2. The van der Waals surface area contributed by atoms with E-state index in [1.165, 1.54) is 0 Å². The molecule has 0 aromatic carbocycles. The Morgan fingerprint density at radius 2 is 2.06 bits per heavy atom. The lowest BCUT2D eigenvalue weighted by Crippen LogP contribution is -2.45. The Morgan fingerprint density at radius 3 is 2.88 bits per heavy atom. The average Bonchev–Trinajstić information content (AvgIpc) is 2.67. The van der Waals surface area contributed by atoms with E-state index in [-0.39, 0.29) is 18.0 Å². The lowest BCUT2D eigenvalue weighted by Gasteiger charge is -2.22. The van der Waals surface area contributed by atoms with Crippen molar-refractivity contribution in [3.8, 4) is 0 Å². The third-order valence-electron chi connectivity index (χ3n) is 3.45. The van der Waals surface area contributed by atoms with Crippen LogP contribution in [0.4, 0.5) is 0 Å². The normalized spacial score (nSPS) is 39.1. The average molecular weight is 215 g/mol. The highest BCUT2D eigenvalue weighted by Gasteiger charge is 2.44. The number of nitrogens with one attached hydrogen (secondary N) is 1. The maximum Gasteiger partial charge on any atom is 0.264 e. The van der Waals surface area contributed by atoms with Crippen LogP contribution in [0, 0.1) is 11.8 Å². The van der Waals surface area contributed by atoms with Crippen LogP contribution in [0.2, 0.25) is 0 Å². The standard InChI is InChI=1S/C12H13N3O/c13-12(16)11-10-8(5-6-14-11)7-3-1-2-4-9(7)15-10/h1-10,15H,(H2,13,16). The molecule has 2 heterocycles. The van der Waals surface area contributed by atoms with Crippen molar-refractivity contribution in [3.63, 3.8) is 0 Å². The van der Waals surface area contributed by atoms with E-state index in [4.69, 9.17) is 5.73 Å². The van der Waals surface area contributed by atoms with Gasteiger partial charge < -0.3 is 11.1 Å². The molecule has 1 fully saturated rings. The van der Waals surface area contributed by atoms with Gasteiger partial charge in [-0.15, -0.1) is 0 Å². The molecule has 4 atom stereocenters. The van der Waals surface area contributed by atoms with Crippen LogP contribution in [-0.2, 0) is 4.79 Å². The summed E-state index contributed by atoms with van der Waals surface area (Å²) in [5.74, 6) is 0.251. The number of rotatable bonds is 1. The summed E-state index contributed by atoms with van der Waals surface area (Å²) in [5, 5.41) is 3.41. The quantitative estimate of drug-likeness (QED) is 0.653. The summed E-state index contributed by atoms with van der Waals surface area (Å²) < 4.78 is 0. The molecule has 0 saturated carbocycles. The van der Waals surface area contributed by atoms with Crippen molar-refractivity contribution in [1.29, 1.82) is 0 Å². The zero-order chi connectivity index (χ0) is 11.1. The summed E-state index contributed by atoms with van der Waals surface area (Å²) in [4.78, 5) is 15.4. The van der Waals surface area contributed by atoms with Crippen molar-refractivity contribution in [2.24, 2.45) is 22.6 Å². The number of hydrogen-bond donors (Lipinski definition) is 2. The molecule has 82 valence electrons. The number of primary amides is 1. The van der Waals surface area contributed by atoms with Crippen LogP contribution in [0.5, 0.6) is 0 Å². The number of hydrogen-bond acceptors (Lipinski definition) is 3. The van der Waals surface area contributed by atoms with Gasteiger partial charge in [0.1, 0.15) is 5.71 Å². The monoisotopic (exact) mass is 215 g/mol. The van der Waals surface area contributed by atoms with Crippen molar-refractivity contribution in [2.45, 2.75) is 12.1 Å². The summed E-state index contributed by atoms with van der Waals surface area (Å²) >= 11 is 0. The van der Waals surface area contributed by atoms with E-state index >= 15 is 0 Å². The molecule has 4 nitrogen and oxygen atoms in total. The van der Waals surface area contributed by atoms with Crippen LogP contribution in [0.15, 0.2) is 41.6 Å². The molecule has 0 aromatic heterocycles. The van der Waals surface area contributed by atoms with E-state index in [1.807, 2.05) is 6.08 Å². The van der Waals surface area contributed by atoms with Gasteiger partial charge >= 0.3 is 0 Å². The number of fused-ring (bicyclic) bond motifs is 3. The summed E-state index contributed by atoms with van der Waals surface area (Å²) in [5.41, 5.74) is 5.78. The number of carbonyl (C=O) groups excluding carboxylic acids is 1. The lowest BCUT2D eigenvalue weighted by molar-refractivity contribution is -0.112. The van der Waals surface area contributed by atoms with E-state index in [0.717, 1.165) is 0 Å². The second-order valence-electron chi connectivity index (χ2n) is 4.31. The maximum absolute atomic E-state index is 11.3. The molecule has 1 saturated heterocycles. The minimum absolute atomic E-state index is 0.0371. The predicted molar refractivity (Wildman–Crippen MR) is 61.7 cm³/mol. The fourth-order valence-electron chi connectivity index (χ4n) is 2.72. The van der Waals surface area contributed by atoms with Crippen molar-refractivity contribution < 1.29 is 4.79 Å². The summed E-state index contributed by atoms with van der Waals surface area (Å²) in [6, 6.07) is 0.247. The summed E-state index contributed by atoms with van der Waals surface area (Å²) in [7, 11) is 0. The van der Waals surface area contributed by atoms with Crippen LogP contribution < -0.4 is 11.1 Å². The third kappa shape index (κ3) is 1.27. The topological polar surface area (TPSA) is 67.5 Å². The van der Waals surface area contributed by atoms with E-state index in [0.29, 0.717) is 11.6 Å². The molecule has 1 aliphatic carbocycles. The van der Waals surface area contributed by atoms with E-state index in [1.54, 1.807) is 6.20 Å². The molecule has 3 aliphatic rings. The first-order valence-corrected chi connectivity index (χ1v) is 5.42. The number of carbonyl (C=O) groups is 1. The Hall–Kier alpha value is -1.68. The van der Waals surface area contributed by atoms with Crippen LogP contribution >= 0.6 is 0 Å². The molecule has 2 aliphatic heterocycles.